The second kappa shape index (κ2) is 10.3. The second-order valence-corrected chi connectivity index (χ2v) is 7.81. The van der Waals surface area contributed by atoms with Gasteiger partial charge >= 0.3 is 5.97 Å². The Kier molecular flexibility index (Phi) is 8.43. The predicted octanol–water partition coefficient (Wildman–Crippen LogP) is 4.86. The summed E-state index contributed by atoms with van der Waals surface area (Å²) in [5, 5.41) is 8.85. The molecule has 2 aliphatic rings. The molecule has 0 saturated heterocycles. The molecule has 0 aromatic heterocycles. The third-order valence-electron chi connectivity index (χ3n) is 5.97. The minimum atomic E-state index is 0.0812. The number of aliphatic hydroxyl groups is 1. The molecule has 1 N–H and O–H groups in total. The number of ether oxygens (including phenoxy) is 1. The predicted molar refractivity (Wildman–Crippen MR) is 93.1 cm³/mol. The lowest BCUT2D eigenvalue weighted by Crippen LogP contribution is -2.30. The molecule has 0 spiro atoms. The van der Waals surface area contributed by atoms with Crippen LogP contribution in [0.3, 0.4) is 0 Å². The zero-order chi connectivity index (χ0) is 16.5. The molecule has 2 saturated carbocycles. The molecule has 2 rings (SSSR count). The van der Waals surface area contributed by atoms with Gasteiger partial charge in [0.05, 0.1) is 5.92 Å². The van der Waals surface area contributed by atoms with Crippen LogP contribution >= 0.6 is 0 Å². The molecule has 134 valence electrons. The number of carbonyl (C=O) groups excluding carboxylic acids is 1. The fraction of sp³-hybridized carbons (Fsp3) is 0.950. The Morgan fingerprint density at radius 2 is 1.52 bits per heavy atom. The van der Waals surface area contributed by atoms with Crippen molar-refractivity contribution in [3.8, 4) is 0 Å². The summed E-state index contributed by atoms with van der Waals surface area (Å²) in [4.78, 5) is 12.4. The summed E-state index contributed by atoms with van der Waals surface area (Å²) in [5.74, 6) is 1.86. The summed E-state index contributed by atoms with van der Waals surface area (Å²) in [6.07, 6.45) is 15.0. The van der Waals surface area contributed by atoms with Gasteiger partial charge in [-0.05, 0) is 69.6 Å². The third-order valence-corrected chi connectivity index (χ3v) is 5.97. The van der Waals surface area contributed by atoms with Crippen molar-refractivity contribution in [1.29, 1.82) is 0 Å². The van der Waals surface area contributed by atoms with Gasteiger partial charge in [-0.1, -0.05) is 32.6 Å². The molecule has 0 bridgehead atoms. The number of rotatable bonds is 8. The van der Waals surface area contributed by atoms with Crippen LogP contribution < -0.4 is 0 Å². The average molecular weight is 325 g/mol. The molecule has 0 aromatic rings. The Bertz CT molecular complexity index is 326. The largest absolute Gasteiger partial charge is 0.462 e. The highest BCUT2D eigenvalue weighted by molar-refractivity contribution is 5.72. The van der Waals surface area contributed by atoms with E-state index in [0.29, 0.717) is 6.61 Å². The van der Waals surface area contributed by atoms with E-state index >= 15 is 0 Å². The van der Waals surface area contributed by atoms with Crippen LogP contribution in [0.5, 0.6) is 0 Å². The van der Waals surface area contributed by atoms with Gasteiger partial charge in [-0.3, -0.25) is 4.79 Å². The summed E-state index contributed by atoms with van der Waals surface area (Å²) < 4.78 is 5.82. The maximum Gasteiger partial charge on any atom is 0.309 e. The smallest absolute Gasteiger partial charge is 0.309 e. The SMILES string of the molecule is CCC[C@H]1CC[C@H](OC(=O)[C@H]2CC[C@H](CCCCO)CC2)CC1. The number of unbranched alkanes of at least 4 members (excludes halogenated alkanes) is 1. The maximum atomic E-state index is 12.4. The Hall–Kier alpha value is -0.570. The zero-order valence-corrected chi connectivity index (χ0v) is 15.0. The second-order valence-electron chi connectivity index (χ2n) is 7.81. The molecule has 0 atom stereocenters. The Labute approximate surface area is 142 Å². The van der Waals surface area contributed by atoms with Crippen LogP contribution in [0.25, 0.3) is 0 Å². The summed E-state index contributed by atoms with van der Waals surface area (Å²) >= 11 is 0. The van der Waals surface area contributed by atoms with Gasteiger partial charge in [0.15, 0.2) is 0 Å². The van der Waals surface area contributed by atoms with Crippen LogP contribution in [-0.2, 0) is 9.53 Å². The van der Waals surface area contributed by atoms with Gasteiger partial charge in [-0.2, -0.15) is 0 Å². The minimum absolute atomic E-state index is 0.0812. The molecule has 23 heavy (non-hydrogen) atoms. The monoisotopic (exact) mass is 324 g/mol. The number of hydrogen-bond donors (Lipinski definition) is 1. The van der Waals surface area contributed by atoms with E-state index in [4.69, 9.17) is 9.84 Å². The first-order valence-electron chi connectivity index (χ1n) is 10.0. The average Bonchev–Trinajstić information content (AvgIpc) is 2.58. The number of aliphatic hydroxyl groups excluding tert-OH is 1. The quantitative estimate of drug-likeness (QED) is 0.512. The molecular formula is C20H36O3. The Morgan fingerprint density at radius 1 is 0.913 bits per heavy atom. The molecule has 0 heterocycles. The van der Waals surface area contributed by atoms with Crippen molar-refractivity contribution < 1.29 is 14.6 Å². The highest BCUT2D eigenvalue weighted by Gasteiger charge is 2.30. The lowest BCUT2D eigenvalue weighted by Gasteiger charge is -2.31. The van der Waals surface area contributed by atoms with E-state index in [-0.39, 0.29) is 18.0 Å². The normalized spacial score (nSPS) is 31.7. The summed E-state index contributed by atoms with van der Waals surface area (Å²) in [6.45, 7) is 2.56. The van der Waals surface area contributed by atoms with Crippen LogP contribution in [0.2, 0.25) is 0 Å². The minimum Gasteiger partial charge on any atom is -0.462 e. The standard InChI is InChI=1S/C20H36O3/c1-2-5-16-9-13-19(14-10-16)23-20(22)18-11-7-17(8-12-18)6-3-4-15-21/h16-19,21H,2-15H2,1H3/t16-,17-,18-,19-. The van der Waals surface area contributed by atoms with Crippen molar-refractivity contribution in [2.24, 2.45) is 17.8 Å². The van der Waals surface area contributed by atoms with Crippen molar-refractivity contribution >= 4 is 5.97 Å². The van der Waals surface area contributed by atoms with Gasteiger partial charge in [-0.15, -0.1) is 0 Å². The first-order chi connectivity index (χ1) is 11.2. The van der Waals surface area contributed by atoms with E-state index in [1.807, 2.05) is 0 Å². The van der Waals surface area contributed by atoms with E-state index in [0.717, 1.165) is 63.2 Å². The molecule has 3 heteroatoms. The Morgan fingerprint density at radius 3 is 2.13 bits per heavy atom. The topological polar surface area (TPSA) is 46.5 Å². The molecule has 2 aliphatic carbocycles. The van der Waals surface area contributed by atoms with E-state index in [2.05, 4.69) is 6.92 Å². The van der Waals surface area contributed by atoms with Crippen molar-refractivity contribution in [1.82, 2.24) is 0 Å². The zero-order valence-electron chi connectivity index (χ0n) is 15.0. The van der Waals surface area contributed by atoms with Crippen molar-refractivity contribution in [2.75, 3.05) is 6.61 Å². The van der Waals surface area contributed by atoms with Crippen LogP contribution in [0.15, 0.2) is 0 Å². The van der Waals surface area contributed by atoms with E-state index < -0.39 is 0 Å². The summed E-state index contributed by atoms with van der Waals surface area (Å²) in [7, 11) is 0. The van der Waals surface area contributed by atoms with Gasteiger partial charge < -0.3 is 9.84 Å². The van der Waals surface area contributed by atoms with Gasteiger partial charge in [-0.25, -0.2) is 0 Å². The van der Waals surface area contributed by atoms with Gasteiger partial charge in [0, 0.05) is 6.61 Å². The number of hydrogen-bond acceptors (Lipinski definition) is 3. The lowest BCUT2D eigenvalue weighted by molar-refractivity contribution is -0.157. The van der Waals surface area contributed by atoms with Crippen molar-refractivity contribution in [2.45, 2.75) is 96.5 Å². The molecular weight excluding hydrogens is 288 g/mol. The maximum absolute atomic E-state index is 12.4. The summed E-state index contributed by atoms with van der Waals surface area (Å²) in [6, 6.07) is 0. The van der Waals surface area contributed by atoms with Crippen LogP contribution in [0.1, 0.15) is 90.4 Å². The fourth-order valence-corrected chi connectivity index (χ4v) is 4.44. The van der Waals surface area contributed by atoms with Gasteiger partial charge in [0.1, 0.15) is 6.10 Å². The van der Waals surface area contributed by atoms with Crippen LogP contribution in [0, 0.1) is 17.8 Å². The number of carbonyl (C=O) groups is 1. The molecule has 0 aliphatic heterocycles. The van der Waals surface area contributed by atoms with Gasteiger partial charge in [0.25, 0.3) is 0 Å². The molecule has 0 aromatic carbocycles. The fourth-order valence-electron chi connectivity index (χ4n) is 4.44. The van der Waals surface area contributed by atoms with Crippen molar-refractivity contribution in [3.05, 3.63) is 0 Å². The number of esters is 1. The molecule has 3 nitrogen and oxygen atoms in total. The van der Waals surface area contributed by atoms with Gasteiger partial charge in [0.2, 0.25) is 0 Å². The van der Waals surface area contributed by atoms with E-state index in [1.165, 1.54) is 32.1 Å². The summed E-state index contributed by atoms with van der Waals surface area (Å²) in [5.41, 5.74) is 0. The lowest BCUT2D eigenvalue weighted by atomic mass is 9.79. The highest BCUT2D eigenvalue weighted by Crippen LogP contribution is 2.34. The van der Waals surface area contributed by atoms with Crippen LogP contribution in [0.4, 0.5) is 0 Å². The van der Waals surface area contributed by atoms with E-state index in [1.54, 1.807) is 0 Å². The first kappa shape index (κ1) is 18.8. The van der Waals surface area contributed by atoms with E-state index in [9.17, 15) is 4.79 Å². The molecule has 0 unspecified atom stereocenters. The highest BCUT2D eigenvalue weighted by atomic mass is 16.5. The van der Waals surface area contributed by atoms with Crippen LogP contribution in [-0.4, -0.2) is 23.8 Å². The Balaban J connectivity index is 1.62. The first-order valence-corrected chi connectivity index (χ1v) is 10.0. The molecule has 2 fully saturated rings. The van der Waals surface area contributed by atoms with Crippen molar-refractivity contribution in [3.63, 3.8) is 0 Å². The third kappa shape index (κ3) is 6.45. The molecule has 0 radical (unpaired) electrons. The molecule has 0 amide bonds.